The number of ketones is 3. The Hall–Kier alpha value is -3.32. The minimum atomic E-state index is -1.19. The molecule has 7 nitrogen and oxygen atoms in total. The molecule has 0 aromatic heterocycles. The zero-order chi connectivity index (χ0) is 23.5. The average molecular weight is 440 g/mol. The molecule has 1 amide bonds. The van der Waals surface area contributed by atoms with Gasteiger partial charge in [0.1, 0.15) is 18.2 Å². The standard InChI is InChI=1S/C25H29NO6/c1-17(27)13-24(30)22(18(2)28)14-21(15-23(29)20-11-7-4-8-12-20)26-25(31)32-16-19-9-5-3-6-10-19/h3-12,21-22,24,30H,13-16H2,1-2H3,(H,26,31)/t21-,22-,24-/m1/s1. The summed E-state index contributed by atoms with van der Waals surface area (Å²) < 4.78 is 5.25. The molecule has 2 aromatic rings. The third-order valence-corrected chi connectivity index (χ3v) is 5.08. The second-order valence-corrected chi connectivity index (χ2v) is 7.82. The summed E-state index contributed by atoms with van der Waals surface area (Å²) in [6.45, 7) is 2.70. The van der Waals surface area contributed by atoms with E-state index in [0.717, 1.165) is 5.56 Å². The van der Waals surface area contributed by atoms with E-state index < -0.39 is 24.2 Å². The molecular weight excluding hydrogens is 410 g/mol. The third-order valence-electron chi connectivity index (χ3n) is 5.08. The monoisotopic (exact) mass is 439 g/mol. The van der Waals surface area contributed by atoms with Crippen LogP contribution < -0.4 is 5.32 Å². The quantitative estimate of drug-likeness (QED) is 0.490. The van der Waals surface area contributed by atoms with Crippen LogP contribution in [0.5, 0.6) is 0 Å². The van der Waals surface area contributed by atoms with Crippen LogP contribution in [0.1, 0.15) is 49.0 Å². The summed E-state index contributed by atoms with van der Waals surface area (Å²) in [5, 5.41) is 13.0. The van der Waals surface area contributed by atoms with Crippen molar-refractivity contribution in [2.75, 3.05) is 0 Å². The van der Waals surface area contributed by atoms with Gasteiger partial charge in [-0.3, -0.25) is 14.4 Å². The zero-order valence-corrected chi connectivity index (χ0v) is 18.3. The molecule has 2 rings (SSSR count). The summed E-state index contributed by atoms with van der Waals surface area (Å²) >= 11 is 0. The van der Waals surface area contributed by atoms with Gasteiger partial charge in [0.15, 0.2) is 5.78 Å². The van der Waals surface area contributed by atoms with E-state index in [0.29, 0.717) is 5.56 Å². The van der Waals surface area contributed by atoms with Gasteiger partial charge in [-0.25, -0.2) is 4.79 Å². The minimum Gasteiger partial charge on any atom is -0.445 e. The van der Waals surface area contributed by atoms with Crippen molar-refractivity contribution < 1.29 is 29.0 Å². The summed E-state index contributed by atoms with van der Waals surface area (Å²) in [7, 11) is 0. The fourth-order valence-corrected chi connectivity index (χ4v) is 3.43. The Morgan fingerprint density at radius 1 is 0.906 bits per heavy atom. The number of benzene rings is 2. The van der Waals surface area contributed by atoms with Crippen LogP contribution in [0.15, 0.2) is 60.7 Å². The number of amides is 1. The van der Waals surface area contributed by atoms with Crippen molar-refractivity contribution in [3.05, 3.63) is 71.8 Å². The summed E-state index contributed by atoms with van der Waals surface area (Å²) in [4.78, 5) is 48.7. The lowest BCUT2D eigenvalue weighted by Crippen LogP contribution is -2.41. The van der Waals surface area contributed by atoms with Gasteiger partial charge in [0.05, 0.1) is 6.10 Å². The zero-order valence-electron chi connectivity index (χ0n) is 18.3. The molecule has 0 bridgehead atoms. The Bertz CT molecular complexity index is 913. The van der Waals surface area contributed by atoms with Crippen molar-refractivity contribution in [2.45, 2.75) is 51.9 Å². The normalized spacial score (nSPS) is 13.5. The lowest BCUT2D eigenvalue weighted by Gasteiger charge is -2.25. The molecule has 0 aliphatic carbocycles. The molecule has 0 spiro atoms. The van der Waals surface area contributed by atoms with E-state index >= 15 is 0 Å². The summed E-state index contributed by atoms with van der Waals surface area (Å²) in [5.41, 5.74) is 1.28. The molecule has 0 radical (unpaired) electrons. The van der Waals surface area contributed by atoms with Crippen molar-refractivity contribution in [3.63, 3.8) is 0 Å². The van der Waals surface area contributed by atoms with Crippen LogP contribution in [0, 0.1) is 5.92 Å². The molecule has 0 aliphatic rings. The second-order valence-electron chi connectivity index (χ2n) is 7.82. The van der Waals surface area contributed by atoms with Crippen LogP contribution in [-0.2, 0) is 20.9 Å². The molecule has 2 aromatic carbocycles. The van der Waals surface area contributed by atoms with E-state index in [9.17, 15) is 24.3 Å². The largest absolute Gasteiger partial charge is 0.445 e. The Kier molecular flexibility index (Phi) is 9.76. The Morgan fingerprint density at radius 2 is 1.50 bits per heavy atom. The van der Waals surface area contributed by atoms with Gasteiger partial charge in [0, 0.05) is 30.4 Å². The Labute approximate surface area is 187 Å². The molecular formula is C25H29NO6. The fourth-order valence-electron chi connectivity index (χ4n) is 3.43. The first kappa shape index (κ1) is 24.9. The van der Waals surface area contributed by atoms with Crippen molar-refractivity contribution in [3.8, 4) is 0 Å². The minimum absolute atomic E-state index is 0.00277. The van der Waals surface area contributed by atoms with Gasteiger partial charge in [0.2, 0.25) is 0 Å². The lowest BCUT2D eigenvalue weighted by molar-refractivity contribution is -0.127. The first-order chi connectivity index (χ1) is 15.3. The predicted molar refractivity (Wildman–Crippen MR) is 119 cm³/mol. The molecule has 7 heteroatoms. The number of Topliss-reactive ketones (excluding diaryl/α,β-unsaturated/α-hetero) is 3. The SMILES string of the molecule is CC(=O)C[C@@H](O)[C@H](C[C@H](CC(=O)c1ccccc1)NC(=O)OCc1ccccc1)C(C)=O. The molecule has 0 aliphatic heterocycles. The number of nitrogens with one attached hydrogen (secondary N) is 1. The van der Waals surface area contributed by atoms with E-state index in [1.807, 2.05) is 30.3 Å². The maximum Gasteiger partial charge on any atom is 0.407 e. The van der Waals surface area contributed by atoms with Crippen molar-refractivity contribution in [1.82, 2.24) is 5.32 Å². The molecule has 32 heavy (non-hydrogen) atoms. The highest BCUT2D eigenvalue weighted by molar-refractivity contribution is 5.96. The number of carbonyl (C=O) groups is 4. The van der Waals surface area contributed by atoms with Gasteiger partial charge in [-0.15, -0.1) is 0 Å². The number of aliphatic hydroxyl groups excluding tert-OH is 1. The van der Waals surface area contributed by atoms with Crippen LogP contribution in [0.25, 0.3) is 0 Å². The summed E-state index contributed by atoms with van der Waals surface area (Å²) in [5.74, 6) is -1.70. The molecule has 170 valence electrons. The number of rotatable bonds is 12. The number of hydrogen-bond acceptors (Lipinski definition) is 6. The fraction of sp³-hybridized carbons (Fsp3) is 0.360. The van der Waals surface area contributed by atoms with Crippen molar-refractivity contribution >= 4 is 23.4 Å². The van der Waals surface area contributed by atoms with Gasteiger partial charge >= 0.3 is 6.09 Å². The van der Waals surface area contributed by atoms with Crippen molar-refractivity contribution in [2.24, 2.45) is 5.92 Å². The number of alkyl carbamates (subject to hydrolysis) is 1. The topological polar surface area (TPSA) is 110 Å². The van der Waals surface area contributed by atoms with E-state index in [4.69, 9.17) is 4.74 Å². The molecule has 0 saturated heterocycles. The van der Waals surface area contributed by atoms with Gasteiger partial charge in [0.25, 0.3) is 0 Å². The first-order valence-corrected chi connectivity index (χ1v) is 10.5. The Balaban J connectivity index is 2.11. The predicted octanol–water partition coefficient (Wildman–Crippen LogP) is 3.49. The number of carbonyl (C=O) groups excluding carboxylic acids is 4. The molecule has 0 heterocycles. The maximum atomic E-state index is 12.7. The van der Waals surface area contributed by atoms with Gasteiger partial charge in [-0.05, 0) is 25.8 Å². The van der Waals surface area contributed by atoms with Gasteiger partial charge in [-0.1, -0.05) is 60.7 Å². The van der Waals surface area contributed by atoms with Gasteiger partial charge in [-0.2, -0.15) is 0 Å². The van der Waals surface area contributed by atoms with Crippen LogP contribution in [-0.4, -0.2) is 40.7 Å². The van der Waals surface area contributed by atoms with Gasteiger partial charge < -0.3 is 15.2 Å². The molecule has 0 unspecified atom stereocenters. The van der Waals surface area contributed by atoms with E-state index in [1.54, 1.807) is 30.3 Å². The number of hydrogen-bond donors (Lipinski definition) is 2. The highest BCUT2D eigenvalue weighted by Crippen LogP contribution is 2.20. The van der Waals surface area contributed by atoms with E-state index in [2.05, 4.69) is 5.32 Å². The molecule has 0 saturated carbocycles. The molecule has 0 fully saturated rings. The van der Waals surface area contributed by atoms with Crippen LogP contribution in [0.2, 0.25) is 0 Å². The number of aliphatic hydroxyl groups is 1. The lowest BCUT2D eigenvalue weighted by atomic mass is 9.86. The highest BCUT2D eigenvalue weighted by Gasteiger charge is 2.30. The van der Waals surface area contributed by atoms with Crippen LogP contribution in [0.4, 0.5) is 4.79 Å². The average Bonchev–Trinajstić information content (AvgIpc) is 2.76. The Morgan fingerprint density at radius 3 is 2.06 bits per heavy atom. The molecule has 2 N–H and O–H groups in total. The number of ether oxygens (including phenoxy) is 1. The molecule has 3 atom stereocenters. The van der Waals surface area contributed by atoms with E-state index in [-0.39, 0.29) is 43.2 Å². The first-order valence-electron chi connectivity index (χ1n) is 10.5. The maximum absolute atomic E-state index is 12.7. The van der Waals surface area contributed by atoms with E-state index in [1.165, 1.54) is 13.8 Å². The van der Waals surface area contributed by atoms with Crippen molar-refractivity contribution in [1.29, 1.82) is 0 Å². The third kappa shape index (κ3) is 8.43. The van der Waals surface area contributed by atoms with Crippen LogP contribution >= 0.6 is 0 Å². The highest BCUT2D eigenvalue weighted by atomic mass is 16.5. The second kappa shape index (κ2) is 12.5. The smallest absolute Gasteiger partial charge is 0.407 e. The van der Waals surface area contributed by atoms with Crippen LogP contribution in [0.3, 0.4) is 0 Å². The summed E-state index contributed by atoms with van der Waals surface area (Å²) in [6.07, 6.45) is -2.18. The summed E-state index contributed by atoms with van der Waals surface area (Å²) in [6, 6.07) is 17.0.